The van der Waals surface area contributed by atoms with Gasteiger partial charge < -0.3 is 30.4 Å². The fourth-order valence-corrected chi connectivity index (χ4v) is 9.94. The first-order valence-electron chi connectivity index (χ1n) is 16.0. The number of nitrogens with one attached hydrogen (secondary N) is 2. The maximum Gasteiger partial charge on any atom is 0.407 e. The maximum absolute atomic E-state index is 15.7. The van der Waals surface area contributed by atoms with Crippen molar-refractivity contribution in [3.05, 3.63) is 40.5 Å². The van der Waals surface area contributed by atoms with E-state index < -0.39 is 33.1 Å². The van der Waals surface area contributed by atoms with Crippen molar-refractivity contribution in [2.75, 3.05) is 50.5 Å². The van der Waals surface area contributed by atoms with Gasteiger partial charge >= 0.3 is 6.09 Å². The molecule has 0 unspecified atom stereocenters. The number of sulfone groups is 1. The highest BCUT2D eigenvalue weighted by atomic mass is 32.2. The fourth-order valence-electron chi connectivity index (χ4n) is 7.55. The first-order valence-corrected chi connectivity index (χ1v) is 17.7. The molecule has 1 saturated carbocycles. The Labute approximate surface area is 263 Å². The van der Waals surface area contributed by atoms with Crippen molar-refractivity contribution in [3.63, 3.8) is 0 Å². The number of carbonyl (C=O) groups excluding carboxylic acids is 2. The number of primary amides is 1. The first kappa shape index (κ1) is 31.8. The predicted molar refractivity (Wildman–Crippen MR) is 167 cm³/mol. The predicted octanol–water partition coefficient (Wildman–Crippen LogP) is 3.34. The van der Waals surface area contributed by atoms with Crippen LogP contribution in [-0.2, 0) is 38.6 Å². The van der Waals surface area contributed by atoms with Crippen LogP contribution < -0.4 is 16.4 Å². The van der Waals surface area contributed by atoms with Gasteiger partial charge in [-0.2, -0.15) is 0 Å². The third-order valence-electron chi connectivity index (χ3n) is 9.49. The molecule has 1 aromatic heterocycles. The summed E-state index contributed by atoms with van der Waals surface area (Å²) < 4.78 is 55.5. The second kappa shape index (κ2) is 12.6. The van der Waals surface area contributed by atoms with Gasteiger partial charge in [-0.3, -0.25) is 9.69 Å². The van der Waals surface area contributed by atoms with Gasteiger partial charge in [0.05, 0.1) is 40.8 Å². The summed E-state index contributed by atoms with van der Waals surface area (Å²) in [7, 11) is -3.50. The topological polar surface area (TPSA) is 145 Å². The third-order valence-corrected chi connectivity index (χ3v) is 11.8. The van der Waals surface area contributed by atoms with Gasteiger partial charge in [0.25, 0.3) is 5.91 Å². The fraction of sp³-hybridized carbons (Fsp3) is 0.625. The number of aromatic nitrogens is 1. The van der Waals surface area contributed by atoms with Crippen molar-refractivity contribution in [3.8, 4) is 5.69 Å². The zero-order valence-corrected chi connectivity index (χ0v) is 26.9. The molecule has 0 atom stereocenters. The van der Waals surface area contributed by atoms with E-state index in [4.69, 9.17) is 15.2 Å². The summed E-state index contributed by atoms with van der Waals surface area (Å²) in [5.41, 5.74) is 8.17. The number of hydrogen-bond acceptors (Lipinski definition) is 8. The zero-order valence-electron chi connectivity index (χ0n) is 26.1. The molecule has 2 aliphatic carbocycles. The Hall–Kier alpha value is -3.16. The van der Waals surface area contributed by atoms with Crippen LogP contribution in [-0.4, -0.2) is 87.2 Å². The van der Waals surface area contributed by atoms with Crippen molar-refractivity contribution >= 4 is 27.5 Å². The van der Waals surface area contributed by atoms with E-state index in [1.54, 1.807) is 6.07 Å². The number of benzene rings is 1. The summed E-state index contributed by atoms with van der Waals surface area (Å²) in [4.78, 5) is 27.4. The van der Waals surface area contributed by atoms with Crippen molar-refractivity contribution in [1.29, 1.82) is 0 Å². The van der Waals surface area contributed by atoms with Crippen LogP contribution in [0.1, 0.15) is 73.3 Å². The van der Waals surface area contributed by atoms with Crippen LogP contribution in [0.2, 0.25) is 0 Å². The van der Waals surface area contributed by atoms with Gasteiger partial charge in [0.1, 0.15) is 11.9 Å². The summed E-state index contributed by atoms with van der Waals surface area (Å²) in [6.45, 7) is 8.25. The average Bonchev–Trinajstić information content (AvgIpc) is 3.53. The second-order valence-corrected chi connectivity index (χ2v) is 15.5. The van der Waals surface area contributed by atoms with E-state index in [-0.39, 0.29) is 29.1 Å². The van der Waals surface area contributed by atoms with E-state index in [0.29, 0.717) is 81.0 Å². The lowest BCUT2D eigenvalue weighted by Crippen LogP contribution is -2.42. The summed E-state index contributed by atoms with van der Waals surface area (Å²) in [6.07, 6.45) is 4.62. The van der Waals surface area contributed by atoms with Crippen molar-refractivity contribution in [1.82, 2.24) is 14.8 Å². The number of ether oxygens (including phenoxy) is 2. The van der Waals surface area contributed by atoms with Gasteiger partial charge in [-0.1, -0.05) is 13.8 Å². The van der Waals surface area contributed by atoms with Gasteiger partial charge in [-0.25, -0.2) is 17.6 Å². The number of hydrogen-bond donors (Lipinski definition) is 3. The number of nitrogens with zero attached hydrogens (tertiary/aromatic N) is 2. The number of nitrogens with two attached hydrogens (primary N) is 1. The van der Waals surface area contributed by atoms with Gasteiger partial charge in [0, 0.05) is 43.6 Å². The number of alkyl carbamates (subject to hydrolysis) is 1. The molecule has 0 radical (unpaired) electrons. The lowest BCUT2D eigenvalue weighted by molar-refractivity contribution is 0.0372. The van der Waals surface area contributed by atoms with Crippen LogP contribution in [0.15, 0.2) is 17.0 Å². The first-order chi connectivity index (χ1) is 21.4. The molecule has 0 bridgehead atoms. The zero-order chi connectivity index (χ0) is 31.9. The molecular weight excluding hydrogens is 601 g/mol. The number of rotatable bonds is 8. The molecule has 6 rings (SSSR count). The number of halogens is 1. The van der Waals surface area contributed by atoms with E-state index in [1.165, 1.54) is 6.07 Å². The van der Waals surface area contributed by atoms with E-state index in [2.05, 4.69) is 15.5 Å². The lowest BCUT2D eigenvalue weighted by Gasteiger charge is -2.32. The van der Waals surface area contributed by atoms with E-state index in [9.17, 15) is 18.0 Å². The summed E-state index contributed by atoms with van der Waals surface area (Å²) in [5.74, 6) is -1.55. The van der Waals surface area contributed by atoms with Crippen molar-refractivity contribution < 1.29 is 31.9 Å². The lowest BCUT2D eigenvalue weighted by atomic mass is 9.89. The molecule has 11 nitrogen and oxygen atoms in total. The molecule has 2 aromatic rings. The summed E-state index contributed by atoms with van der Waals surface area (Å²) in [6, 6.07) is 2.92. The normalized spacial score (nSPS) is 24.0. The molecule has 4 N–H and O–H groups in total. The molecule has 1 saturated heterocycles. The Kier molecular flexibility index (Phi) is 8.88. The number of anilines is 1. The third kappa shape index (κ3) is 6.71. The molecule has 0 spiro atoms. The van der Waals surface area contributed by atoms with Crippen LogP contribution in [0.25, 0.3) is 5.69 Å². The highest BCUT2D eigenvalue weighted by molar-refractivity contribution is 7.91. The van der Waals surface area contributed by atoms with Gasteiger partial charge in [0.2, 0.25) is 0 Å². The minimum Gasteiger partial charge on any atom is -0.446 e. The number of carbonyl (C=O) groups is 2. The van der Waals surface area contributed by atoms with E-state index in [1.807, 2.05) is 18.4 Å². The minimum absolute atomic E-state index is 0.0771. The Morgan fingerprint density at radius 3 is 2.56 bits per heavy atom. The second-order valence-electron chi connectivity index (χ2n) is 13.6. The quantitative estimate of drug-likeness (QED) is 0.397. The number of amides is 2. The van der Waals surface area contributed by atoms with Crippen LogP contribution in [0, 0.1) is 11.2 Å². The van der Waals surface area contributed by atoms with Gasteiger partial charge in [-0.15, -0.1) is 0 Å². The Balaban J connectivity index is 1.17. The molecule has 1 aromatic carbocycles. The molecule has 13 heteroatoms. The molecule has 2 aliphatic heterocycles. The monoisotopic (exact) mass is 645 g/mol. The summed E-state index contributed by atoms with van der Waals surface area (Å²) >= 11 is 0. The van der Waals surface area contributed by atoms with Gasteiger partial charge in [0.15, 0.2) is 9.84 Å². The number of fused-ring (bicyclic) bond motifs is 3. The minimum atomic E-state index is -3.50. The number of morpholine rings is 1. The molecule has 2 fully saturated rings. The Morgan fingerprint density at radius 1 is 1.11 bits per heavy atom. The van der Waals surface area contributed by atoms with Crippen LogP contribution >= 0.6 is 0 Å². The van der Waals surface area contributed by atoms with Crippen molar-refractivity contribution in [2.45, 2.75) is 82.3 Å². The smallest absolute Gasteiger partial charge is 0.407 e. The Morgan fingerprint density at radius 2 is 1.84 bits per heavy atom. The highest BCUT2D eigenvalue weighted by Gasteiger charge is 2.42. The van der Waals surface area contributed by atoms with E-state index >= 15 is 4.39 Å². The van der Waals surface area contributed by atoms with Gasteiger partial charge in [-0.05, 0) is 74.5 Å². The van der Waals surface area contributed by atoms with Crippen molar-refractivity contribution in [2.24, 2.45) is 11.1 Å². The average molecular weight is 646 g/mol. The van der Waals surface area contributed by atoms with Crippen LogP contribution in [0.3, 0.4) is 0 Å². The molecular formula is C32H44FN5O6S. The SMILES string of the molecule is CC1(C)Cc2c(c3c(n2-c2cc(F)c(C(N)=O)c(N[C@H]4CC[C@H](OC(=O)NCCN5CCOCC5)CC4)c2)CCC3)S(=O)(=O)C1. The molecule has 45 heavy (non-hydrogen) atoms. The molecule has 246 valence electrons. The molecule has 4 aliphatic rings. The van der Waals surface area contributed by atoms with Crippen LogP contribution in [0.4, 0.5) is 14.9 Å². The Bertz CT molecular complexity index is 1570. The van der Waals surface area contributed by atoms with E-state index in [0.717, 1.165) is 37.3 Å². The van der Waals surface area contributed by atoms with Crippen LogP contribution in [0.5, 0.6) is 0 Å². The molecule has 2 amide bonds. The largest absolute Gasteiger partial charge is 0.446 e. The maximum atomic E-state index is 15.7. The summed E-state index contributed by atoms with van der Waals surface area (Å²) in [5, 5.41) is 6.19. The molecule has 3 heterocycles. The highest BCUT2D eigenvalue weighted by Crippen LogP contribution is 2.45. The standard InChI is InChI=1S/C32H44FN5O6S/c1-32(2)18-27-29(45(41,42)19-32)23-4-3-5-26(23)38(27)21-16-24(33)28(30(34)39)25(17-21)36-20-6-8-22(9-7-20)44-31(40)35-10-11-37-12-14-43-15-13-37/h16-17,20,22,36H,3-15,18-19H2,1-2H3,(H2,34,39)(H,35,40)/t20-,22-.